The third-order valence-electron chi connectivity index (χ3n) is 3.70. The number of benzene rings is 2. The Bertz CT molecular complexity index is 905. The van der Waals surface area contributed by atoms with Gasteiger partial charge in [0.2, 0.25) is 0 Å². The molecule has 0 bridgehead atoms. The maximum absolute atomic E-state index is 13.5. The summed E-state index contributed by atoms with van der Waals surface area (Å²) in [5, 5.41) is 5.53. The van der Waals surface area contributed by atoms with Crippen molar-refractivity contribution in [2.75, 3.05) is 5.32 Å². The van der Waals surface area contributed by atoms with E-state index in [1.54, 1.807) is 36.7 Å². The van der Waals surface area contributed by atoms with Gasteiger partial charge in [0.15, 0.2) is 0 Å². The highest BCUT2D eigenvalue weighted by atomic mass is 79.9. The quantitative estimate of drug-likeness (QED) is 0.586. The van der Waals surface area contributed by atoms with Gasteiger partial charge in [-0.25, -0.2) is 9.18 Å². The van der Waals surface area contributed by atoms with Gasteiger partial charge in [-0.15, -0.1) is 0 Å². The number of rotatable bonds is 6. The Morgan fingerprint density at radius 1 is 1.07 bits per heavy atom. The molecule has 1 heterocycles. The number of ether oxygens (including phenoxy) is 1. The fourth-order valence-corrected chi connectivity index (χ4v) is 2.68. The maximum Gasteiger partial charge on any atom is 0.319 e. The van der Waals surface area contributed by atoms with E-state index in [4.69, 9.17) is 4.74 Å². The van der Waals surface area contributed by atoms with Crippen LogP contribution >= 0.6 is 15.9 Å². The van der Waals surface area contributed by atoms with E-state index in [9.17, 15) is 9.18 Å². The molecule has 0 aliphatic rings. The lowest BCUT2D eigenvalue weighted by Gasteiger charge is -2.10. The van der Waals surface area contributed by atoms with Crippen molar-refractivity contribution < 1.29 is 13.9 Å². The molecule has 2 N–H and O–H groups in total. The molecule has 0 spiro atoms. The summed E-state index contributed by atoms with van der Waals surface area (Å²) in [7, 11) is 0. The predicted octanol–water partition coefficient (Wildman–Crippen LogP) is 4.88. The van der Waals surface area contributed by atoms with Crippen LogP contribution in [0.25, 0.3) is 0 Å². The Labute approximate surface area is 164 Å². The van der Waals surface area contributed by atoms with Crippen molar-refractivity contribution >= 4 is 27.6 Å². The summed E-state index contributed by atoms with van der Waals surface area (Å²) in [5.74, 6) is 0.0660. The van der Waals surface area contributed by atoms with Crippen LogP contribution in [0, 0.1) is 5.82 Å². The predicted molar refractivity (Wildman–Crippen MR) is 105 cm³/mol. The second-order valence-corrected chi connectivity index (χ2v) is 6.50. The van der Waals surface area contributed by atoms with E-state index < -0.39 is 0 Å². The number of nitrogens with one attached hydrogen (secondary N) is 2. The number of aromatic nitrogens is 1. The smallest absolute Gasteiger partial charge is 0.319 e. The minimum absolute atomic E-state index is 0.287. The zero-order valence-corrected chi connectivity index (χ0v) is 15.9. The van der Waals surface area contributed by atoms with Crippen LogP contribution in [0.2, 0.25) is 0 Å². The number of hydrogen-bond donors (Lipinski definition) is 2. The first kappa shape index (κ1) is 18.8. The number of urea groups is 1. The molecule has 5 nitrogen and oxygen atoms in total. The number of halogens is 2. The zero-order chi connectivity index (χ0) is 19.1. The largest absolute Gasteiger partial charge is 0.488 e. The summed E-state index contributed by atoms with van der Waals surface area (Å²) >= 11 is 3.17. The molecular weight excluding hydrogens is 413 g/mol. The van der Waals surface area contributed by atoms with Crippen LogP contribution in [-0.4, -0.2) is 11.0 Å². The molecule has 2 amide bonds. The van der Waals surface area contributed by atoms with Gasteiger partial charge in [-0.05, 0) is 57.4 Å². The lowest BCUT2D eigenvalue weighted by Crippen LogP contribution is -2.28. The molecule has 0 atom stereocenters. The van der Waals surface area contributed by atoms with Gasteiger partial charge < -0.3 is 15.4 Å². The number of pyridine rings is 1. The third-order valence-corrected chi connectivity index (χ3v) is 4.47. The first-order valence-electron chi connectivity index (χ1n) is 8.21. The molecule has 1 aromatic heterocycles. The number of nitrogens with zero attached hydrogens (tertiary/aromatic N) is 1. The number of carbonyl (C=O) groups excluding carboxylic acids is 1. The van der Waals surface area contributed by atoms with Crippen molar-refractivity contribution in [2.24, 2.45) is 0 Å². The van der Waals surface area contributed by atoms with Gasteiger partial charge >= 0.3 is 6.03 Å². The first-order chi connectivity index (χ1) is 13.1. The minimum Gasteiger partial charge on any atom is -0.488 e. The Balaban J connectivity index is 1.49. The average Bonchev–Trinajstić information content (AvgIpc) is 2.69. The molecule has 27 heavy (non-hydrogen) atoms. The second kappa shape index (κ2) is 9.14. The van der Waals surface area contributed by atoms with Gasteiger partial charge in [-0.3, -0.25) is 4.98 Å². The number of hydrogen-bond acceptors (Lipinski definition) is 3. The lowest BCUT2D eigenvalue weighted by molar-refractivity contribution is 0.251. The fourth-order valence-electron chi connectivity index (χ4n) is 2.30. The summed E-state index contributed by atoms with van der Waals surface area (Å²) in [5.41, 5.74) is 2.48. The van der Waals surface area contributed by atoms with Crippen LogP contribution in [-0.2, 0) is 13.2 Å². The third kappa shape index (κ3) is 5.52. The molecule has 0 aliphatic heterocycles. The number of amides is 2. The lowest BCUT2D eigenvalue weighted by atomic mass is 10.2. The molecule has 0 radical (unpaired) electrons. The number of carbonyl (C=O) groups is 1. The normalized spacial score (nSPS) is 10.3. The molecule has 0 unspecified atom stereocenters. The van der Waals surface area contributed by atoms with E-state index in [1.165, 1.54) is 6.07 Å². The summed E-state index contributed by atoms with van der Waals surface area (Å²) in [6.07, 6.45) is 3.38. The average molecular weight is 430 g/mol. The van der Waals surface area contributed by atoms with Crippen molar-refractivity contribution in [3.8, 4) is 5.75 Å². The van der Waals surface area contributed by atoms with Gasteiger partial charge in [0.05, 0.1) is 4.47 Å². The highest BCUT2D eigenvalue weighted by Crippen LogP contribution is 2.28. The van der Waals surface area contributed by atoms with Crippen molar-refractivity contribution in [1.82, 2.24) is 10.3 Å². The molecular formula is C20H17BrFN3O2. The van der Waals surface area contributed by atoms with E-state index >= 15 is 0 Å². The first-order valence-corrected chi connectivity index (χ1v) is 9.00. The van der Waals surface area contributed by atoms with E-state index in [0.29, 0.717) is 22.5 Å². The molecule has 0 fully saturated rings. The van der Waals surface area contributed by atoms with Gasteiger partial charge in [-0.1, -0.05) is 24.3 Å². The van der Waals surface area contributed by atoms with Gasteiger partial charge in [0.1, 0.15) is 18.2 Å². The van der Waals surface area contributed by atoms with Crippen LogP contribution in [0.4, 0.5) is 14.9 Å². The topological polar surface area (TPSA) is 63.2 Å². The summed E-state index contributed by atoms with van der Waals surface area (Å²) < 4.78 is 19.4. The Kier molecular flexibility index (Phi) is 6.38. The van der Waals surface area contributed by atoms with Gasteiger partial charge in [-0.2, -0.15) is 0 Å². The summed E-state index contributed by atoms with van der Waals surface area (Å²) in [4.78, 5) is 15.9. The monoisotopic (exact) mass is 429 g/mol. The van der Waals surface area contributed by atoms with Crippen LogP contribution in [0.15, 0.2) is 71.5 Å². The van der Waals surface area contributed by atoms with E-state index in [2.05, 4.69) is 31.5 Å². The SMILES string of the molecule is O=C(NCc1cccnc1)Nc1ccc(COc2cccc(F)c2Br)cc1. The van der Waals surface area contributed by atoms with Gasteiger partial charge in [0.25, 0.3) is 0 Å². The highest BCUT2D eigenvalue weighted by molar-refractivity contribution is 9.10. The van der Waals surface area contributed by atoms with E-state index in [-0.39, 0.29) is 18.5 Å². The molecule has 3 rings (SSSR count). The maximum atomic E-state index is 13.5. The minimum atomic E-state index is -0.371. The molecule has 2 aromatic carbocycles. The van der Waals surface area contributed by atoms with Crippen molar-refractivity contribution in [3.63, 3.8) is 0 Å². The summed E-state index contributed by atoms with van der Waals surface area (Å²) in [6.45, 7) is 0.684. The second-order valence-electron chi connectivity index (χ2n) is 5.71. The van der Waals surface area contributed by atoms with Crippen LogP contribution in [0.5, 0.6) is 5.75 Å². The summed E-state index contributed by atoms with van der Waals surface area (Å²) in [6, 6.07) is 15.3. The Morgan fingerprint density at radius 2 is 1.89 bits per heavy atom. The van der Waals surface area contributed by atoms with Crippen molar-refractivity contribution in [3.05, 3.63) is 88.4 Å². The van der Waals surface area contributed by atoms with E-state index in [1.807, 2.05) is 24.3 Å². The number of anilines is 1. The molecule has 0 aliphatic carbocycles. The zero-order valence-electron chi connectivity index (χ0n) is 14.3. The highest BCUT2D eigenvalue weighted by Gasteiger charge is 2.07. The Hall–Kier alpha value is -2.93. The van der Waals surface area contributed by atoms with E-state index in [0.717, 1.165) is 11.1 Å². The van der Waals surface area contributed by atoms with Crippen LogP contribution in [0.3, 0.4) is 0 Å². The fraction of sp³-hybridized carbons (Fsp3) is 0.100. The standard InChI is InChI=1S/C20H17BrFN3O2/c21-19-17(22)4-1-5-18(19)27-13-14-6-8-16(9-7-14)25-20(26)24-12-15-3-2-10-23-11-15/h1-11H,12-13H2,(H2,24,25,26). The molecule has 138 valence electrons. The van der Waals surface area contributed by atoms with Crippen molar-refractivity contribution in [2.45, 2.75) is 13.2 Å². The molecule has 3 aromatic rings. The molecule has 0 saturated heterocycles. The molecule has 7 heteroatoms. The van der Waals surface area contributed by atoms with Gasteiger partial charge in [0, 0.05) is 24.6 Å². The van der Waals surface area contributed by atoms with Crippen molar-refractivity contribution in [1.29, 1.82) is 0 Å². The molecule has 0 saturated carbocycles. The van der Waals surface area contributed by atoms with Crippen LogP contribution in [0.1, 0.15) is 11.1 Å². The Morgan fingerprint density at radius 3 is 2.63 bits per heavy atom. The van der Waals surface area contributed by atoms with Crippen LogP contribution < -0.4 is 15.4 Å².